The van der Waals surface area contributed by atoms with Crippen molar-refractivity contribution in [3.8, 4) is 0 Å². The molecule has 2 atom stereocenters. The SMILES string of the molecule is CCC(Cl)C(C)c1c([N+](=O)[O-])c(C(C)C)nn1C. The molecule has 1 heterocycles. The number of alkyl halides is 1. The number of aryl methyl sites for hydroxylation is 1. The zero-order valence-corrected chi connectivity index (χ0v) is 12.2. The molecule has 18 heavy (non-hydrogen) atoms. The van der Waals surface area contributed by atoms with Gasteiger partial charge in [0.15, 0.2) is 0 Å². The van der Waals surface area contributed by atoms with Crippen LogP contribution in [0, 0.1) is 10.1 Å². The molecule has 0 aliphatic carbocycles. The number of hydrogen-bond donors (Lipinski definition) is 0. The summed E-state index contributed by atoms with van der Waals surface area (Å²) in [6.45, 7) is 7.69. The number of nitro groups is 1. The van der Waals surface area contributed by atoms with Gasteiger partial charge in [-0.3, -0.25) is 14.8 Å². The minimum Gasteiger partial charge on any atom is -0.265 e. The molecule has 2 unspecified atom stereocenters. The lowest BCUT2D eigenvalue weighted by Crippen LogP contribution is -2.14. The van der Waals surface area contributed by atoms with Gasteiger partial charge in [0.05, 0.1) is 4.92 Å². The fourth-order valence-electron chi connectivity index (χ4n) is 2.16. The first-order chi connectivity index (χ1) is 8.31. The van der Waals surface area contributed by atoms with Gasteiger partial charge in [-0.15, -0.1) is 11.6 Å². The Labute approximate surface area is 112 Å². The van der Waals surface area contributed by atoms with Crippen molar-refractivity contribution in [1.82, 2.24) is 9.78 Å². The lowest BCUT2D eigenvalue weighted by molar-refractivity contribution is -0.386. The van der Waals surface area contributed by atoms with E-state index in [2.05, 4.69) is 5.10 Å². The van der Waals surface area contributed by atoms with Crippen LogP contribution in [-0.2, 0) is 7.05 Å². The first kappa shape index (κ1) is 15.0. The fourth-order valence-corrected chi connectivity index (χ4v) is 2.28. The van der Waals surface area contributed by atoms with Gasteiger partial charge >= 0.3 is 5.69 Å². The number of halogens is 1. The summed E-state index contributed by atoms with van der Waals surface area (Å²) in [5.41, 5.74) is 1.27. The molecular formula is C12H20ClN3O2. The van der Waals surface area contributed by atoms with Crippen molar-refractivity contribution in [1.29, 1.82) is 0 Å². The molecule has 0 aliphatic rings. The van der Waals surface area contributed by atoms with E-state index >= 15 is 0 Å². The normalized spacial score (nSPS) is 14.8. The summed E-state index contributed by atoms with van der Waals surface area (Å²) in [6, 6.07) is 0. The Kier molecular flexibility index (Phi) is 4.73. The third kappa shape index (κ3) is 2.66. The van der Waals surface area contributed by atoms with Crippen molar-refractivity contribution in [3.63, 3.8) is 0 Å². The molecule has 0 spiro atoms. The molecule has 0 fully saturated rings. The summed E-state index contributed by atoms with van der Waals surface area (Å²) in [7, 11) is 1.74. The molecule has 5 nitrogen and oxygen atoms in total. The van der Waals surface area contributed by atoms with Crippen molar-refractivity contribution < 1.29 is 4.92 Å². The lowest BCUT2D eigenvalue weighted by Gasteiger charge is -2.15. The maximum Gasteiger partial charge on any atom is 0.313 e. The van der Waals surface area contributed by atoms with Gasteiger partial charge in [-0.2, -0.15) is 5.10 Å². The van der Waals surface area contributed by atoms with Crippen molar-refractivity contribution in [2.45, 2.75) is 51.3 Å². The van der Waals surface area contributed by atoms with Crippen LogP contribution in [0.2, 0.25) is 0 Å². The van der Waals surface area contributed by atoms with E-state index < -0.39 is 0 Å². The molecule has 1 rings (SSSR count). The van der Waals surface area contributed by atoms with Gasteiger partial charge in [0, 0.05) is 24.3 Å². The quantitative estimate of drug-likeness (QED) is 0.468. The number of rotatable bonds is 5. The van der Waals surface area contributed by atoms with Crippen molar-refractivity contribution in [3.05, 3.63) is 21.5 Å². The number of nitrogens with zero attached hydrogens (tertiary/aromatic N) is 3. The average molecular weight is 274 g/mol. The predicted octanol–water partition coefficient (Wildman–Crippen LogP) is 3.57. The first-order valence-electron chi connectivity index (χ1n) is 6.16. The predicted molar refractivity (Wildman–Crippen MR) is 72.3 cm³/mol. The van der Waals surface area contributed by atoms with Crippen LogP contribution in [0.5, 0.6) is 0 Å². The minimum atomic E-state index is -0.340. The zero-order valence-electron chi connectivity index (χ0n) is 11.5. The Morgan fingerprint density at radius 2 is 2.00 bits per heavy atom. The standard InChI is InChI=1S/C12H20ClN3O2/c1-6-9(13)8(4)11-12(16(17)18)10(7(2)3)14-15(11)5/h7-9H,6H2,1-5H3. The van der Waals surface area contributed by atoms with Gasteiger partial charge in [-0.1, -0.05) is 27.7 Å². The van der Waals surface area contributed by atoms with Gasteiger partial charge in [-0.25, -0.2) is 0 Å². The molecular weight excluding hydrogens is 254 g/mol. The van der Waals surface area contributed by atoms with Crippen LogP contribution < -0.4 is 0 Å². The van der Waals surface area contributed by atoms with Crippen LogP contribution in [0.15, 0.2) is 0 Å². The molecule has 0 radical (unpaired) electrons. The van der Waals surface area contributed by atoms with Gasteiger partial charge in [-0.05, 0) is 6.42 Å². The van der Waals surface area contributed by atoms with Crippen LogP contribution in [-0.4, -0.2) is 20.1 Å². The van der Waals surface area contributed by atoms with Crippen molar-refractivity contribution in [2.24, 2.45) is 7.05 Å². The van der Waals surface area contributed by atoms with Gasteiger partial charge in [0.2, 0.25) is 0 Å². The Morgan fingerprint density at radius 1 is 1.44 bits per heavy atom. The summed E-state index contributed by atoms with van der Waals surface area (Å²) in [4.78, 5) is 10.9. The fraction of sp³-hybridized carbons (Fsp3) is 0.750. The summed E-state index contributed by atoms with van der Waals surface area (Å²) < 4.78 is 1.60. The third-order valence-electron chi connectivity index (χ3n) is 3.18. The van der Waals surface area contributed by atoms with Crippen molar-refractivity contribution >= 4 is 17.3 Å². The summed E-state index contributed by atoms with van der Waals surface area (Å²) in [5, 5.41) is 15.4. The number of hydrogen-bond acceptors (Lipinski definition) is 3. The Balaban J connectivity index is 3.38. The van der Waals surface area contributed by atoms with E-state index in [-0.39, 0.29) is 27.8 Å². The second-order valence-corrected chi connectivity index (χ2v) is 5.43. The minimum absolute atomic E-state index is 0.0213. The van der Waals surface area contributed by atoms with Crippen LogP contribution >= 0.6 is 11.6 Å². The maximum absolute atomic E-state index is 11.3. The summed E-state index contributed by atoms with van der Waals surface area (Å²) in [6.07, 6.45) is 0.766. The molecule has 6 heteroatoms. The van der Waals surface area contributed by atoms with E-state index in [0.29, 0.717) is 11.4 Å². The highest BCUT2D eigenvalue weighted by atomic mass is 35.5. The second kappa shape index (κ2) is 5.69. The Hall–Kier alpha value is -1.10. The van der Waals surface area contributed by atoms with E-state index in [1.54, 1.807) is 11.7 Å². The zero-order chi connectivity index (χ0) is 14.0. The average Bonchev–Trinajstić information content (AvgIpc) is 2.65. The second-order valence-electron chi connectivity index (χ2n) is 4.87. The van der Waals surface area contributed by atoms with Gasteiger partial charge in [0.25, 0.3) is 0 Å². The molecule has 0 N–H and O–H groups in total. The largest absolute Gasteiger partial charge is 0.313 e. The van der Waals surface area contributed by atoms with Crippen LogP contribution in [0.1, 0.15) is 57.3 Å². The first-order valence-corrected chi connectivity index (χ1v) is 6.60. The lowest BCUT2D eigenvalue weighted by atomic mass is 9.98. The van der Waals surface area contributed by atoms with Gasteiger partial charge < -0.3 is 0 Å². The molecule has 0 bridgehead atoms. The highest BCUT2D eigenvalue weighted by Crippen LogP contribution is 2.36. The molecule has 1 aromatic rings. The highest BCUT2D eigenvalue weighted by molar-refractivity contribution is 6.21. The summed E-state index contributed by atoms with van der Waals surface area (Å²) >= 11 is 6.22. The van der Waals surface area contributed by atoms with Crippen molar-refractivity contribution in [2.75, 3.05) is 0 Å². The number of aromatic nitrogens is 2. The maximum atomic E-state index is 11.3. The molecule has 0 saturated carbocycles. The van der Waals surface area contributed by atoms with E-state index in [1.807, 2.05) is 27.7 Å². The van der Waals surface area contributed by atoms with Gasteiger partial charge in [0.1, 0.15) is 11.4 Å². The Bertz CT molecular complexity index is 443. The Morgan fingerprint density at radius 3 is 2.39 bits per heavy atom. The smallest absolute Gasteiger partial charge is 0.265 e. The molecule has 1 aromatic heterocycles. The van der Waals surface area contributed by atoms with E-state index in [9.17, 15) is 10.1 Å². The monoisotopic (exact) mass is 273 g/mol. The van der Waals surface area contributed by atoms with E-state index in [4.69, 9.17) is 11.6 Å². The molecule has 0 aromatic carbocycles. The molecule has 102 valence electrons. The third-order valence-corrected chi connectivity index (χ3v) is 3.87. The van der Waals surface area contributed by atoms with Crippen LogP contribution in [0.3, 0.4) is 0 Å². The topological polar surface area (TPSA) is 61.0 Å². The molecule has 0 saturated heterocycles. The molecule has 0 amide bonds. The van der Waals surface area contributed by atoms with E-state index in [0.717, 1.165) is 6.42 Å². The van der Waals surface area contributed by atoms with E-state index in [1.165, 1.54) is 0 Å². The molecule has 0 aliphatic heterocycles. The van der Waals surface area contributed by atoms with Crippen LogP contribution in [0.25, 0.3) is 0 Å². The highest BCUT2D eigenvalue weighted by Gasteiger charge is 2.33. The summed E-state index contributed by atoms with van der Waals surface area (Å²) in [5.74, 6) is -0.0741. The van der Waals surface area contributed by atoms with Crippen LogP contribution in [0.4, 0.5) is 5.69 Å².